The van der Waals surface area contributed by atoms with Gasteiger partial charge in [0.15, 0.2) is 5.11 Å². The van der Waals surface area contributed by atoms with Crippen LogP contribution in [0.4, 0.5) is 0 Å². The second-order valence-corrected chi connectivity index (χ2v) is 5.06. The predicted octanol–water partition coefficient (Wildman–Crippen LogP) is 2.83. The zero-order valence-corrected chi connectivity index (χ0v) is 12.9. The van der Waals surface area contributed by atoms with Crippen molar-refractivity contribution in [2.24, 2.45) is 5.10 Å². The molecule has 104 valence electrons. The molecule has 0 aromatic heterocycles. The van der Waals surface area contributed by atoms with E-state index in [-0.39, 0.29) is 6.04 Å². The van der Waals surface area contributed by atoms with E-state index in [4.69, 9.17) is 40.2 Å². The summed E-state index contributed by atoms with van der Waals surface area (Å²) in [6, 6.07) is 5.36. The molecule has 0 spiro atoms. The number of benzene rings is 1. The fourth-order valence-electron chi connectivity index (χ4n) is 1.34. The molecule has 4 nitrogen and oxygen atoms in total. The number of ether oxygens (including phenoxy) is 1. The van der Waals surface area contributed by atoms with Crippen molar-refractivity contribution in [3.63, 3.8) is 0 Å². The Morgan fingerprint density at radius 3 is 2.68 bits per heavy atom. The predicted molar refractivity (Wildman–Crippen MR) is 84.3 cm³/mol. The minimum Gasteiger partial charge on any atom is -0.383 e. The zero-order valence-electron chi connectivity index (χ0n) is 10.6. The molecule has 1 aromatic rings. The second kappa shape index (κ2) is 8.32. The van der Waals surface area contributed by atoms with Crippen molar-refractivity contribution in [2.45, 2.75) is 13.0 Å². The summed E-state index contributed by atoms with van der Waals surface area (Å²) in [7, 11) is 1.63. The van der Waals surface area contributed by atoms with Gasteiger partial charge in [0.05, 0.1) is 22.9 Å². The number of halogens is 2. The Labute approximate surface area is 128 Å². The maximum absolute atomic E-state index is 6.00. The van der Waals surface area contributed by atoms with Gasteiger partial charge in [0, 0.05) is 18.7 Å². The van der Waals surface area contributed by atoms with Crippen LogP contribution >= 0.6 is 35.4 Å². The molecule has 19 heavy (non-hydrogen) atoms. The molecule has 0 heterocycles. The first-order chi connectivity index (χ1) is 9.04. The number of hydrogen-bond donors (Lipinski definition) is 2. The van der Waals surface area contributed by atoms with Crippen LogP contribution in [0.15, 0.2) is 23.3 Å². The van der Waals surface area contributed by atoms with Crippen LogP contribution < -0.4 is 10.7 Å². The number of thiocarbonyl (C=S) groups is 1. The molecule has 0 radical (unpaired) electrons. The van der Waals surface area contributed by atoms with Gasteiger partial charge in [0.1, 0.15) is 0 Å². The first kappa shape index (κ1) is 16.2. The van der Waals surface area contributed by atoms with E-state index >= 15 is 0 Å². The molecule has 0 aliphatic carbocycles. The number of methoxy groups -OCH3 is 1. The summed E-state index contributed by atoms with van der Waals surface area (Å²) in [5.41, 5.74) is 3.34. The molecule has 0 aliphatic heterocycles. The van der Waals surface area contributed by atoms with Crippen LogP contribution in [0.2, 0.25) is 10.0 Å². The van der Waals surface area contributed by atoms with Crippen LogP contribution in [0.5, 0.6) is 0 Å². The summed E-state index contributed by atoms with van der Waals surface area (Å²) in [4.78, 5) is 0. The van der Waals surface area contributed by atoms with E-state index in [2.05, 4.69) is 15.8 Å². The number of hydrazone groups is 1. The summed E-state index contributed by atoms with van der Waals surface area (Å²) in [5.74, 6) is 0. The lowest BCUT2D eigenvalue weighted by atomic mass is 10.2. The van der Waals surface area contributed by atoms with Crippen LogP contribution in [0, 0.1) is 0 Å². The third-order valence-corrected chi connectivity index (χ3v) is 3.02. The van der Waals surface area contributed by atoms with Crippen LogP contribution in [0.1, 0.15) is 12.5 Å². The normalized spacial score (nSPS) is 12.4. The fourth-order valence-corrected chi connectivity index (χ4v) is 2.09. The Balaban J connectivity index is 2.52. The highest BCUT2D eigenvalue weighted by molar-refractivity contribution is 7.80. The Bertz CT molecular complexity index is 448. The van der Waals surface area contributed by atoms with E-state index in [1.807, 2.05) is 6.92 Å². The van der Waals surface area contributed by atoms with Gasteiger partial charge in [-0.3, -0.25) is 5.43 Å². The summed E-state index contributed by atoms with van der Waals surface area (Å²) in [5, 5.41) is 8.47. The van der Waals surface area contributed by atoms with Crippen molar-refractivity contribution in [3.05, 3.63) is 33.8 Å². The van der Waals surface area contributed by atoms with E-state index in [0.29, 0.717) is 27.3 Å². The standard InChI is InChI=1S/C12H15Cl2N3OS/c1-8(7-18-2)16-12(19)17-15-6-9-10(13)4-3-5-11(9)14/h3-6,8H,7H2,1-2H3,(H2,16,17,19)/b15-6-/t8-/m1/s1. The fraction of sp³-hybridized carbons (Fsp3) is 0.333. The number of hydrogen-bond acceptors (Lipinski definition) is 3. The highest BCUT2D eigenvalue weighted by atomic mass is 35.5. The van der Waals surface area contributed by atoms with Gasteiger partial charge in [-0.15, -0.1) is 0 Å². The number of nitrogens with zero attached hydrogens (tertiary/aromatic N) is 1. The van der Waals surface area contributed by atoms with Crippen molar-refractivity contribution >= 4 is 46.7 Å². The average Bonchev–Trinajstić information content (AvgIpc) is 2.33. The van der Waals surface area contributed by atoms with Gasteiger partial charge in [0.25, 0.3) is 0 Å². The smallest absolute Gasteiger partial charge is 0.187 e. The van der Waals surface area contributed by atoms with Gasteiger partial charge >= 0.3 is 0 Å². The van der Waals surface area contributed by atoms with E-state index in [9.17, 15) is 0 Å². The van der Waals surface area contributed by atoms with Crippen molar-refractivity contribution in [2.75, 3.05) is 13.7 Å². The Morgan fingerprint density at radius 2 is 2.11 bits per heavy atom. The summed E-state index contributed by atoms with van der Waals surface area (Å²) >= 11 is 17.1. The summed E-state index contributed by atoms with van der Waals surface area (Å²) < 4.78 is 4.99. The van der Waals surface area contributed by atoms with Crippen molar-refractivity contribution in [3.8, 4) is 0 Å². The molecular formula is C12H15Cl2N3OS. The molecule has 7 heteroatoms. The quantitative estimate of drug-likeness (QED) is 0.497. The average molecular weight is 320 g/mol. The van der Waals surface area contributed by atoms with E-state index in [1.165, 1.54) is 6.21 Å². The Hall–Kier alpha value is -0.880. The molecule has 1 atom stereocenters. The van der Waals surface area contributed by atoms with Crippen molar-refractivity contribution < 1.29 is 4.74 Å². The molecule has 2 N–H and O–H groups in total. The monoisotopic (exact) mass is 319 g/mol. The molecule has 0 amide bonds. The van der Waals surface area contributed by atoms with E-state index < -0.39 is 0 Å². The second-order valence-electron chi connectivity index (χ2n) is 3.84. The lowest BCUT2D eigenvalue weighted by molar-refractivity contribution is 0.179. The van der Waals surface area contributed by atoms with Gasteiger partial charge in [-0.1, -0.05) is 29.3 Å². The first-order valence-corrected chi connectivity index (χ1v) is 6.73. The molecule has 0 saturated heterocycles. The van der Waals surface area contributed by atoms with E-state index in [1.54, 1.807) is 25.3 Å². The molecule has 0 bridgehead atoms. The lowest BCUT2D eigenvalue weighted by Crippen LogP contribution is -2.40. The van der Waals surface area contributed by atoms with Gasteiger partial charge in [-0.25, -0.2) is 0 Å². The van der Waals surface area contributed by atoms with Crippen molar-refractivity contribution in [1.82, 2.24) is 10.7 Å². The van der Waals surface area contributed by atoms with Gasteiger partial charge in [-0.2, -0.15) is 5.10 Å². The zero-order chi connectivity index (χ0) is 14.3. The van der Waals surface area contributed by atoms with Crippen molar-refractivity contribution in [1.29, 1.82) is 0 Å². The number of rotatable bonds is 5. The third kappa shape index (κ3) is 5.74. The van der Waals surface area contributed by atoms with Crippen LogP contribution in [-0.2, 0) is 4.74 Å². The molecule has 0 saturated carbocycles. The Morgan fingerprint density at radius 1 is 1.47 bits per heavy atom. The van der Waals surface area contributed by atoms with Gasteiger partial charge in [-0.05, 0) is 31.3 Å². The molecule has 1 rings (SSSR count). The molecule has 0 unspecified atom stereocenters. The largest absolute Gasteiger partial charge is 0.383 e. The third-order valence-electron chi connectivity index (χ3n) is 2.15. The Kier molecular flexibility index (Phi) is 7.09. The maximum Gasteiger partial charge on any atom is 0.187 e. The molecule has 0 aliphatic rings. The molecular weight excluding hydrogens is 305 g/mol. The summed E-state index contributed by atoms with van der Waals surface area (Å²) in [6.07, 6.45) is 1.53. The minimum atomic E-state index is 0.101. The SMILES string of the molecule is COC[C@@H](C)NC(=S)N/N=C\c1c(Cl)cccc1Cl. The van der Waals surface area contributed by atoms with E-state index in [0.717, 1.165) is 0 Å². The topological polar surface area (TPSA) is 45.6 Å². The van der Waals surface area contributed by atoms with Crippen LogP contribution in [-0.4, -0.2) is 31.1 Å². The molecule has 0 fully saturated rings. The molecule has 1 aromatic carbocycles. The van der Waals surface area contributed by atoms with Gasteiger partial charge in [0.2, 0.25) is 0 Å². The highest BCUT2D eigenvalue weighted by Gasteiger charge is 2.03. The number of nitrogens with one attached hydrogen (secondary N) is 2. The summed E-state index contributed by atoms with van der Waals surface area (Å²) in [6.45, 7) is 2.51. The minimum absolute atomic E-state index is 0.101. The lowest BCUT2D eigenvalue weighted by Gasteiger charge is -2.13. The van der Waals surface area contributed by atoms with Gasteiger partial charge < -0.3 is 10.1 Å². The first-order valence-electron chi connectivity index (χ1n) is 5.57. The maximum atomic E-state index is 6.00. The van der Waals surface area contributed by atoms with Crippen LogP contribution in [0.3, 0.4) is 0 Å². The highest BCUT2D eigenvalue weighted by Crippen LogP contribution is 2.21. The van der Waals surface area contributed by atoms with Crippen LogP contribution in [0.25, 0.3) is 0 Å².